The van der Waals surface area contributed by atoms with Gasteiger partial charge in [-0.05, 0) is 19.4 Å². The number of nitrogens with zero attached hydrogens (tertiary/aromatic N) is 2. The Hall–Kier alpha value is -1.16. The average Bonchev–Trinajstić information content (AvgIpc) is 2.19. The summed E-state index contributed by atoms with van der Waals surface area (Å²) in [5, 5.41) is 3.35. The van der Waals surface area contributed by atoms with E-state index >= 15 is 0 Å². The van der Waals surface area contributed by atoms with Gasteiger partial charge in [-0.2, -0.15) is 0 Å². The molecule has 1 atom stereocenters. The van der Waals surface area contributed by atoms with Crippen molar-refractivity contribution >= 4 is 5.82 Å². The highest BCUT2D eigenvalue weighted by Crippen LogP contribution is 2.21. The van der Waals surface area contributed by atoms with Gasteiger partial charge in [-0.1, -0.05) is 0 Å². The van der Waals surface area contributed by atoms with E-state index in [0.29, 0.717) is 11.7 Å². The molecular formula is C9H14N4. The number of nitrogen functional groups attached to an aromatic ring is 1. The second kappa shape index (κ2) is 3.70. The zero-order valence-corrected chi connectivity index (χ0v) is 7.53. The molecule has 1 saturated heterocycles. The van der Waals surface area contributed by atoms with Crippen LogP contribution in [0.5, 0.6) is 0 Å². The van der Waals surface area contributed by atoms with Crippen molar-refractivity contribution in [3.63, 3.8) is 0 Å². The van der Waals surface area contributed by atoms with Crippen molar-refractivity contribution in [2.75, 3.05) is 18.8 Å². The van der Waals surface area contributed by atoms with Crippen LogP contribution in [0.1, 0.15) is 24.5 Å². The first-order valence-corrected chi connectivity index (χ1v) is 4.64. The second-order valence-electron chi connectivity index (χ2n) is 3.41. The van der Waals surface area contributed by atoms with Crippen LogP contribution in [0, 0.1) is 0 Å². The van der Waals surface area contributed by atoms with Gasteiger partial charge in [0, 0.05) is 18.5 Å². The molecule has 0 saturated carbocycles. The number of anilines is 1. The lowest BCUT2D eigenvalue weighted by Gasteiger charge is -2.21. The van der Waals surface area contributed by atoms with Crippen LogP contribution >= 0.6 is 0 Å². The molecule has 0 aromatic carbocycles. The number of piperidine rings is 1. The summed E-state index contributed by atoms with van der Waals surface area (Å²) in [5.74, 6) is 1.08. The lowest BCUT2D eigenvalue weighted by Crippen LogP contribution is -2.28. The Kier molecular flexibility index (Phi) is 2.40. The van der Waals surface area contributed by atoms with E-state index in [2.05, 4.69) is 15.3 Å². The predicted octanol–water partition coefficient (Wildman–Crippen LogP) is 0.526. The van der Waals surface area contributed by atoms with Gasteiger partial charge in [-0.3, -0.25) is 0 Å². The Morgan fingerprint density at radius 3 is 3.08 bits per heavy atom. The summed E-state index contributed by atoms with van der Waals surface area (Å²) in [4.78, 5) is 8.11. The minimum Gasteiger partial charge on any atom is -0.384 e. The zero-order chi connectivity index (χ0) is 9.10. The van der Waals surface area contributed by atoms with Crippen LogP contribution in [-0.4, -0.2) is 23.1 Å². The summed E-state index contributed by atoms with van der Waals surface area (Å²) in [7, 11) is 0. The maximum Gasteiger partial charge on any atom is 0.127 e. The third kappa shape index (κ3) is 1.95. The van der Waals surface area contributed by atoms with E-state index in [0.717, 1.165) is 18.8 Å². The molecule has 2 heterocycles. The van der Waals surface area contributed by atoms with Gasteiger partial charge in [0.05, 0.1) is 5.69 Å². The van der Waals surface area contributed by atoms with Crippen molar-refractivity contribution in [3.05, 3.63) is 18.1 Å². The van der Waals surface area contributed by atoms with Crippen molar-refractivity contribution < 1.29 is 0 Å². The highest BCUT2D eigenvalue weighted by Gasteiger charge is 2.16. The van der Waals surface area contributed by atoms with Gasteiger partial charge in [0.15, 0.2) is 0 Å². The van der Waals surface area contributed by atoms with Crippen molar-refractivity contribution in [1.29, 1.82) is 0 Å². The minimum absolute atomic E-state index is 0.513. The van der Waals surface area contributed by atoms with E-state index in [-0.39, 0.29) is 0 Å². The van der Waals surface area contributed by atoms with E-state index in [1.807, 2.05) is 6.07 Å². The standard InChI is InChI=1S/C9H14N4/c10-9-4-8(12-6-13-9)7-2-1-3-11-5-7/h4,6-7,11H,1-3,5H2,(H2,10,12,13). The van der Waals surface area contributed by atoms with Crippen LogP contribution in [0.25, 0.3) is 0 Å². The molecule has 13 heavy (non-hydrogen) atoms. The van der Waals surface area contributed by atoms with Gasteiger partial charge < -0.3 is 11.1 Å². The van der Waals surface area contributed by atoms with E-state index in [9.17, 15) is 0 Å². The van der Waals surface area contributed by atoms with Crippen LogP contribution in [0.4, 0.5) is 5.82 Å². The van der Waals surface area contributed by atoms with Crippen molar-refractivity contribution in [1.82, 2.24) is 15.3 Å². The molecule has 70 valence electrons. The number of hydrogen-bond donors (Lipinski definition) is 2. The van der Waals surface area contributed by atoms with E-state index in [1.54, 1.807) is 6.33 Å². The molecule has 0 bridgehead atoms. The quantitative estimate of drug-likeness (QED) is 0.658. The molecule has 1 fully saturated rings. The molecule has 2 rings (SSSR count). The normalized spacial score (nSPS) is 22.9. The smallest absolute Gasteiger partial charge is 0.127 e. The first-order chi connectivity index (χ1) is 6.36. The SMILES string of the molecule is Nc1cc(C2CCCNC2)ncn1. The van der Waals surface area contributed by atoms with E-state index < -0.39 is 0 Å². The van der Waals surface area contributed by atoms with Crippen LogP contribution in [0.15, 0.2) is 12.4 Å². The summed E-state index contributed by atoms with van der Waals surface area (Å²) in [6, 6.07) is 1.87. The molecule has 3 N–H and O–H groups in total. The molecule has 1 aromatic heterocycles. The summed E-state index contributed by atoms with van der Waals surface area (Å²) in [6.07, 6.45) is 3.96. The van der Waals surface area contributed by atoms with Gasteiger partial charge in [0.25, 0.3) is 0 Å². The number of rotatable bonds is 1. The van der Waals surface area contributed by atoms with Gasteiger partial charge in [0.1, 0.15) is 12.1 Å². The van der Waals surface area contributed by atoms with E-state index in [1.165, 1.54) is 12.8 Å². The summed E-state index contributed by atoms with van der Waals surface area (Å²) < 4.78 is 0. The Morgan fingerprint density at radius 1 is 1.46 bits per heavy atom. The molecule has 1 aliphatic heterocycles. The van der Waals surface area contributed by atoms with Crippen LogP contribution in [0.3, 0.4) is 0 Å². The lowest BCUT2D eigenvalue weighted by atomic mass is 9.96. The zero-order valence-electron chi connectivity index (χ0n) is 7.53. The summed E-state index contributed by atoms with van der Waals surface area (Å²) >= 11 is 0. The van der Waals surface area contributed by atoms with Crippen molar-refractivity contribution in [2.45, 2.75) is 18.8 Å². The van der Waals surface area contributed by atoms with E-state index in [4.69, 9.17) is 5.73 Å². The molecule has 0 radical (unpaired) electrons. The summed E-state index contributed by atoms with van der Waals surface area (Å²) in [5.41, 5.74) is 6.66. The minimum atomic E-state index is 0.513. The lowest BCUT2D eigenvalue weighted by molar-refractivity contribution is 0.454. The fraction of sp³-hybridized carbons (Fsp3) is 0.556. The first-order valence-electron chi connectivity index (χ1n) is 4.64. The number of nitrogens with one attached hydrogen (secondary N) is 1. The third-order valence-corrected chi connectivity index (χ3v) is 2.42. The topological polar surface area (TPSA) is 63.8 Å². The maximum absolute atomic E-state index is 5.59. The molecule has 1 aliphatic rings. The van der Waals surface area contributed by atoms with Gasteiger partial charge >= 0.3 is 0 Å². The average molecular weight is 178 g/mol. The Morgan fingerprint density at radius 2 is 2.38 bits per heavy atom. The number of nitrogens with two attached hydrogens (primary N) is 1. The predicted molar refractivity (Wildman–Crippen MR) is 51.3 cm³/mol. The Labute approximate surface area is 77.6 Å². The molecule has 1 aromatic rings. The maximum atomic E-state index is 5.59. The highest BCUT2D eigenvalue weighted by atomic mass is 14.9. The van der Waals surface area contributed by atoms with Crippen LogP contribution in [-0.2, 0) is 0 Å². The molecule has 1 unspecified atom stereocenters. The van der Waals surface area contributed by atoms with Crippen LogP contribution in [0.2, 0.25) is 0 Å². The Bertz CT molecular complexity index is 281. The van der Waals surface area contributed by atoms with Crippen LogP contribution < -0.4 is 11.1 Å². The van der Waals surface area contributed by atoms with Crippen molar-refractivity contribution in [3.8, 4) is 0 Å². The highest BCUT2D eigenvalue weighted by molar-refractivity contribution is 5.29. The largest absolute Gasteiger partial charge is 0.384 e. The monoisotopic (exact) mass is 178 g/mol. The fourth-order valence-corrected chi connectivity index (χ4v) is 1.72. The van der Waals surface area contributed by atoms with Gasteiger partial charge in [-0.15, -0.1) is 0 Å². The molecule has 4 heteroatoms. The first kappa shape index (κ1) is 8.44. The van der Waals surface area contributed by atoms with Crippen molar-refractivity contribution in [2.24, 2.45) is 0 Å². The van der Waals surface area contributed by atoms with Gasteiger partial charge in [-0.25, -0.2) is 9.97 Å². The summed E-state index contributed by atoms with van der Waals surface area (Å²) in [6.45, 7) is 2.13. The number of hydrogen-bond acceptors (Lipinski definition) is 4. The molecule has 0 amide bonds. The number of aromatic nitrogens is 2. The third-order valence-electron chi connectivity index (χ3n) is 2.42. The fourth-order valence-electron chi connectivity index (χ4n) is 1.72. The molecular weight excluding hydrogens is 164 g/mol. The molecule has 4 nitrogen and oxygen atoms in total. The molecule has 0 spiro atoms. The second-order valence-corrected chi connectivity index (χ2v) is 3.41. The Balaban J connectivity index is 2.14. The van der Waals surface area contributed by atoms with Gasteiger partial charge in [0.2, 0.25) is 0 Å². The molecule has 0 aliphatic carbocycles.